The van der Waals surface area contributed by atoms with Gasteiger partial charge in [-0.05, 0) is 47.2 Å². The molecule has 0 radical (unpaired) electrons. The molecule has 0 atom stereocenters. The van der Waals surface area contributed by atoms with Crippen molar-refractivity contribution in [2.75, 3.05) is 17.4 Å². The van der Waals surface area contributed by atoms with Gasteiger partial charge in [0.25, 0.3) is 0 Å². The molecule has 1 amide bonds. The zero-order chi connectivity index (χ0) is 27.5. The maximum atomic E-state index is 12.9. The molecule has 0 spiro atoms. The molecule has 1 aliphatic rings. The maximum Gasteiger partial charge on any atom is 0.227 e. The van der Waals surface area contributed by atoms with Crippen molar-refractivity contribution < 1.29 is 9.53 Å². The van der Waals surface area contributed by atoms with Crippen LogP contribution in [-0.4, -0.2) is 23.3 Å². The summed E-state index contributed by atoms with van der Waals surface area (Å²) in [6, 6.07) is 16.6. The third kappa shape index (κ3) is 13.2. The van der Waals surface area contributed by atoms with E-state index >= 15 is 0 Å². The number of carbonyl (C=O) groups is 1. The largest absolute Gasteiger partial charge is 0.494 e. The number of halogens is 1. The highest BCUT2D eigenvalue weighted by atomic mass is 79.9. The van der Waals surface area contributed by atoms with E-state index in [1.165, 1.54) is 76.2 Å². The van der Waals surface area contributed by atoms with Gasteiger partial charge in [-0.25, -0.2) is 0 Å². The quantitative estimate of drug-likeness (QED) is 0.136. The standard InChI is InChI=1S/C34H50N2O2S.BrH/c1-3-5-6-7-8-9-10-11-12-13-14-15-24-38-33-21-19-30(20-22-33)28-36(34(37)4-2)32-18-16-17-31(26-32)27-35-23-25-39-29-35;/h16-23,25-26H,3-15,24,27-29H2,1-2H3;1H. The Labute approximate surface area is 258 Å². The topological polar surface area (TPSA) is 32.8 Å². The van der Waals surface area contributed by atoms with E-state index in [0.717, 1.165) is 42.4 Å². The van der Waals surface area contributed by atoms with Crippen LogP contribution in [-0.2, 0) is 17.9 Å². The van der Waals surface area contributed by atoms with Crippen LogP contribution < -0.4 is 9.64 Å². The normalized spacial score (nSPS) is 12.4. The number of rotatable bonds is 20. The fraction of sp³-hybridized carbons (Fsp3) is 0.559. The van der Waals surface area contributed by atoms with Crippen LogP contribution in [0.4, 0.5) is 5.69 Å². The number of ether oxygens (including phenoxy) is 1. The number of benzene rings is 2. The van der Waals surface area contributed by atoms with Gasteiger partial charge in [0.15, 0.2) is 0 Å². The molecule has 0 saturated heterocycles. The minimum Gasteiger partial charge on any atom is -0.494 e. The lowest BCUT2D eigenvalue weighted by Crippen LogP contribution is -2.29. The van der Waals surface area contributed by atoms with E-state index in [2.05, 4.69) is 53.8 Å². The van der Waals surface area contributed by atoms with E-state index in [-0.39, 0.29) is 22.9 Å². The smallest absolute Gasteiger partial charge is 0.227 e. The molecule has 2 aromatic rings. The van der Waals surface area contributed by atoms with Crippen LogP contribution in [0.3, 0.4) is 0 Å². The zero-order valence-electron chi connectivity index (χ0n) is 24.8. The molecule has 40 heavy (non-hydrogen) atoms. The number of carbonyl (C=O) groups excluding carboxylic acids is 1. The molecule has 1 aliphatic heterocycles. The predicted octanol–water partition coefficient (Wildman–Crippen LogP) is 10.3. The van der Waals surface area contributed by atoms with Gasteiger partial charge in [0.05, 0.1) is 19.0 Å². The molecular formula is C34H51BrN2O2S. The molecule has 0 aliphatic carbocycles. The van der Waals surface area contributed by atoms with Crippen LogP contribution in [0.25, 0.3) is 0 Å². The Morgan fingerprint density at radius 3 is 2.10 bits per heavy atom. The van der Waals surface area contributed by atoms with E-state index in [4.69, 9.17) is 4.74 Å². The lowest BCUT2D eigenvalue weighted by Gasteiger charge is -2.24. The number of hydrogen-bond acceptors (Lipinski definition) is 4. The van der Waals surface area contributed by atoms with Crippen LogP contribution in [0.1, 0.15) is 108 Å². The molecule has 0 saturated carbocycles. The third-order valence-electron chi connectivity index (χ3n) is 7.35. The number of anilines is 1. The highest BCUT2D eigenvalue weighted by molar-refractivity contribution is 8.93. The van der Waals surface area contributed by atoms with Gasteiger partial charge in [0.1, 0.15) is 5.75 Å². The number of hydrogen-bond donors (Lipinski definition) is 0. The van der Waals surface area contributed by atoms with Gasteiger partial charge >= 0.3 is 0 Å². The van der Waals surface area contributed by atoms with E-state index in [1.807, 2.05) is 41.8 Å². The van der Waals surface area contributed by atoms with Crippen molar-refractivity contribution >= 4 is 40.3 Å². The molecule has 1 heterocycles. The van der Waals surface area contributed by atoms with Crippen molar-refractivity contribution in [1.29, 1.82) is 0 Å². The van der Waals surface area contributed by atoms with Crippen molar-refractivity contribution in [2.45, 2.75) is 110 Å². The van der Waals surface area contributed by atoms with Gasteiger partial charge in [-0.3, -0.25) is 4.79 Å². The van der Waals surface area contributed by atoms with E-state index in [9.17, 15) is 4.79 Å². The maximum absolute atomic E-state index is 12.9. The first kappa shape index (κ1) is 34.3. The lowest BCUT2D eigenvalue weighted by molar-refractivity contribution is -0.118. The van der Waals surface area contributed by atoms with Crippen LogP contribution >= 0.6 is 28.7 Å². The van der Waals surface area contributed by atoms with Crippen molar-refractivity contribution in [3.8, 4) is 5.75 Å². The first-order chi connectivity index (χ1) is 19.2. The average molecular weight is 632 g/mol. The molecule has 222 valence electrons. The molecule has 6 heteroatoms. The highest BCUT2D eigenvalue weighted by Crippen LogP contribution is 2.24. The SMILES string of the molecule is Br.CCCCCCCCCCCCCCOc1ccc(CN(C(=O)CC)c2cccc(CN3C=CSC3)c2)cc1. The zero-order valence-corrected chi connectivity index (χ0v) is 27.4. The molecule has 0 unspecified atom stereocenters. The van der Waals surface area contributed by atoms with E-state index in [0.29, 0.717) is 13.0 Å². The first-order valence-electron chi connectivity index (χ1n) is 15.3. The van der Waals surface area contributed by atoms with Gasteiger partial charge in [0, 0.05) is 24.9 Å². The summed E-state index contributed by atoms with van der Waals surface area (Å²) >= 11 is 1.81. The number of amides is 1. The Bertz CT molecular complexity index is 982. The first-order valence-corrected chi connectivity index (χ1v) is 16.4. The lowest BCUT2D eigenvalue weighted by atomic mass is 10.1. The van der Waals surface area contributed by atoms with Crippen molar-refractivity contribution in [3.63, 3.8) is 0 Å². The Balaban J connectivity index is 0.00000560. The summed E-state index contributed by atoms with van der Waals surface area (Å²) in [6.07, 6.45) is 18.8. The summed E-state index contributed by atoms with van der Waals surface area (Å²) in [5.74, 6) is 2.03. The van der Waals surface area contributed by atoms with Gasteiger partial charge in [-0.2, -0.15) is 0 Å². The second kappa shape index (κ2) is 20.9. The molecule has 4 nitrogen and oxygen atoms in total. The summed E-state index contributed by atoms with van der Waals surface area (Å²) in [7, 11) is 0. The highest BCUT2D eigenvalue weighted by Gasteiger charge is 2.16. The molecule has 0 aromatic heterocycles. The van der Waals surface area contributed by atoms with Gasteiger partial charge in [-0.1, -0.05) is 109 Å². The summed E-state index contributed by atoms with van der Waals surface area (Å²) < 4.78 is 6.00. The Kier molecular flexibility index (Phi) is 17.9. The predicted molar refractivity (Wildman–Crippen MR) is 178 cm³/mol. The summed E-state index contributed by atoms with van der Waals surface area (Å²) in [6.45, 7) is 6.40. The average Bonchev–Trinajstić information content (AvgIpc) is 3.47. The van der Waals surface area contributed by atoms with Crippen LogP contribution in [0.5, 0.6) is 5.75 Å². The van der Waals surface area contributed by atoms with Crippen molar-refractivity contribution in [3.05, 3.63) is 71.3 Å². The minimum atomic E-state index is 0. The molecule has 0 bridgehead atoms. The molecule has 0 N–H and O–H groups in total. The Morgan fingerprint density at radius 2 is 1.50 bits per heavy atom. The summed E-state index contributed by atoms with van der Waals surface area (Å²) in [4.78, 5) is 17.1. The molecule has 3 rings (SSSR count). The van der Waals surface area contributed by atoms with E-state index < -0.39 is 0 Å². The Hall–Kier alpha value is -1.92. The van der Waals surface area contributed by atoms with Crippen molar-refractivity contribution in [1.82, 2.24) is 4.90 Å². The fourth-order valence-electron chi connectivity index (χ4n) is 4.99. The third-order valence-corrected chi connectivity index (χ3v) is 8.15. The molecule has 2 aromatic carbocycles. The van der Waals surface area contributed by atoms with Gasteiger partial charge in [-0.15, -0.1) is 28.7 Å². The second-order valence-corrected chi connectivity index (χ2v) is 11.6. The van der Waals surface area contributed by atoms with Crippen LogP contribution in [0.2, 0.25) is 0 Å². The van der Waals surface area contributed by atoms with Crippen LogP contribution in [0, 0.1) is 0 Å². The monoisotopic (exact) mass is 630 g/mol. The van der Waals surface area contributed by atoms with E-state index in [1.54, 1.807) is 0 Å². The summed E-state index contributed by atoms with van der Waals surface area (Å²) in [5, 5.41) is 2.13. The minimum absolute atomic E-state index is 0. The Morgan fingerprint density at radius 1 is 0.850 bits per heavy atom. The second-order valence-electron chi connectivity index (χ2n) is 10.7. The fourth-order valence-corrected chi connectivity index (χ4v) is 5.70. The number of unbranched alkanes of at least 4 members (excludes halogenated alkanes) is 11. The molecular weight excluding hydrogens is 580 g/mol. The number of nitrogens with zero attached hydrogens (tertiary/aromatic N) is 2. The van der Waals surface area contributed by atoms with Crippen molar-refractivity contribution in [2.24, 2.45) is 0 Å². The van der Waals surface area contributed by atoms with Crippen LogP contribution in [0.15, 0.2) is 60.1 Å². The van der Waals surface area contributed by atoms with Gasteiger partial charge < -0.3 is 14.5 Å². The molecule has 0 fully saturated rings. The van der Waals surface area contributed by atoms with Gasteiger partial charge in [0.2, 0.25) is 5.91 Å². The number of thioether (sulfide) groups is 1. The summed E-state index contributed by atoms with van der Waals surface area (Å²) in [5.41, 5.74) is 3.29.